The molecule has 0 aliphatic carbocycles. The Labute approximate surface area is 67.7 Å². The van der Waals surface area contributed by atoms with Crippen LogP contribution >= 0.6 is 0 Å². The highest BCUT2D eigenvalue weighted by Gasteiger charge is 2.18. The van der Waals surface area contributed by atoms with Crippen molar-refractivity contribution in [3.8, 4) is 0 Å². The molecule has 0 aliphatic heterocycles. The van der Waals surface area contributed by atoms with Gasteiger partial charge >= 0.3 is 0 Å². The summed E-state index contributed by atoms with van der Waals surface area (Å²) in [6.07, 6.45) is 1.59. The molecule has 0 aromatic rings. The topological polar surface area (TPSA) is 66.4 Å². The van der Waals surface area contributed by atoms with Gasteiger partial charge in [0.05, 0.1) is 11.9 Å². The molecule has 0 saturated heterocycles. The number of nitrogens with one attached hydrogen (secondary N) is 1. The van der Waals surface area contributed by atoms with Crippen LogP contribution in [0.1, 0.15) is 20.3 Å². The first-order valence-electron chi connectivity index (χ1n) is 3.44. The molecule has 2 N–H and O–H groups in total. The van der Waals surface area contributed by atoms with E-state index in [2.05, 4.69) is 4.72 Å². The van der Waals surface area contributed by atoms with Crippen molar-refractivity contribution < 1.29 is 13.5 Å². The normalized spacial score (nSPS) is 17.8. The Hall–Kier alpha value is -0.130. The number of rotatable bonds is 4. The van der Waals surface area contributed by atoms with Gasteiger partial charge in [0, 0.05) is 6.54 Å². The van der Waals surface area contributed by atoms with Gasteiger partial charge in [-0.3, -0.25) is 0 Å². The second kappa shape index (κ2) is 3.51. The summed E-state index contributed by atoms with van der Waals surface area (Å²) < 4.78 is 23.4. The molecule has 0 aromatic carbocycles. The average molecular weight is 181 g/mol. The highest BCUT2D eigenvalue weighted by molar-refractivity contribution is 7.88. The summed E-state index contributed by atoms with van der Waals surface area (Å²) in [7, 11) is -3.18. The smallest absolute Gasteiger partial charge is 0.208 e. The summed E-state index contributed by atoms with van der Waals surface area (Å²) in [5.74, 6) is 0. The van der Waals surface area contributed by atoms with E-state index in [1.165, 1.54) is 0 Å². The van der Waals surface area contributed by atoms with E-state index in [1.54, 1.807) is 13.8 Å². The monoisotopic (exact) mass is 181 g/mol. The fourth-order valence-electron chi connectivity index (χ4n) is 0.412. The van der Waals surface area contributed by atoms with Crippen molar-refractivity contribution in [3.63, 3.8) is 0 Å². The third-order valence-electron chi connectivity index (χ3n) is 1.48. The van der Waals surface area contributed by atoms with Crippen LogP contribution in [0.2, 0.25) is 0 Å². The van der Waals surface area contributed by atoms with Crippen LogP contribution in [-0.4, -0.2) is 31.9 Å². The van der Waals surface area contributed by atoms with Crippen LogP contribution in [0.25, 0.3) is 0 Å². The average Bonchev–Trinajstić information content (AvgIpc) is 1.83. The van der Waals surface area contributed by atoms with Gasteiger partial charge in [-0.2, -0.15) is 0 Å². The van der Waals surface area contributed by atoms with E-state index in [0.29, 0.717) is 6.42 Å². The summed E-state index contributed by atoms with van der Waals surface area (Å²) in [4.78, 5) is 0. The molecule has 0 radical (unpaired) electrons. The van der Waals surface area contributed by atoms with Crippen LogP contribution < -0.4 is 4.72 Å². The van der Waals surface area contributed by atoms with Crippen LogP contribution in [0.3, 0.4) is 0 Å². The Morgan fingerprint density at radius 3 is 2.27 bits per heavy atom. The van der Waals surface area contributed by atoms with Gasteiger partial charge < -0.3 is 5.11 Å². The third kappa shape index (κ3) is 6.28. The van der Waals surface area contributed by atoms with Crippen LogP contribution in [-0.2, 0) is 10.0 Å². The fraction of sp³-hybridized carbons (Fsp3) is 1.00. The minimum Gasteiger partial charge on any atom is -0.389 e. The lowest BCUT2D eigenvalue weighted by atomic mass is 10.1. The van der Waals surface area contributed by atoms with Crippen molar-refractivity contribution in [3.05, 3.63) is 0 Å². The summed E-state index contributed by atoms with van der Waals surface area (Å²) >= 11 is 0. The zero-order valence-corrected chi connectivity index (χ0v) is 7.90. The molecule has 0 saturated carbocycles. The van der Waals surface area contributed by atoms with Gasteiger partial charge in [0.2, 0.25) is 10.0 Å². The minimum absolute atomic E-state index is 0.0718. The van der Waals surface area contributed by atoms with Crippen LogP contribution in [0.15, 0.2) is 0 Å². The molecule has 0 rings (SSSR count). The van der Waals surface area contributed by atoms with Crippen molar-refractivity contribution in [1.29, 1.82) is 0 Å². The van der Waals surface area contributed by atoms with Crippen LogP contribution in [0, 0.1) is 0 Å². The second-order valence-corrected chi connectivity index (χ2v) is 4.78. The highest BCUT2D eigenvalue weighted by atomic mass is 32.2. The molecule has 0 bridgehead atoms. The summed E-state index contributed by atoms with van der Waals surface area (Å²) in [6.45, 7) is 3.46. The van der Waals surface area contributed by atoms with Crippen LogP contribution in [0.5, 0.6) is 0 Å². The SMILES string of the molecule is CCC(C)(O)CNS(C)(=O)=O. The molecule has 0 aromatic heterocycles. The first-order valence-corrected chi connectivity index (χ1v) is 5.33. The second-order valence-electron chi connectivity index (χ2n) is 2.94. The maximum Gasteiger partial charge on any atom is 0.208 e. The summed E-state index contributed by atoms with van der Waals surface area (Å²) in [6, 6.07) is 0. The Bertz CT molecular complexity index is 208. The lowest BCUT2D eigenvalue weighted by Gasteiger charge is -2.20. The Morgan fingerprint density at radius 2 is 2.00 bits per heavy atom. The van der Waals surface area contributed by atoms with Gasteiger partial charge in [0.25, 0.3) is 0 Å². The van der Waals surface area contributed by atoms with Crippen LogP contribution in [0.4, 0.5) is 0 Å². The molecule has 0 amide bonds. The molecule has 1 unspecified atom stereocenters. The molecule has 0 spiro atoms. The molecule has 4 nitrogen and oxygen atoms in total. The van der Waals surface area contributed by atoms with Gasteiger partial charge in [0.1, 0.15) is 0 Å². The number of sulfonamides is 1. The third-order valence-corrected chi connectivity index (χ3v) is 2.15. The van der Waals surface area contributed by atoms with Gasteiger partial charge in [-0.25, -0.2) is 13.1 Å². The van der Waals surface area contributed by atoms with E-state index in [9.17, 15) is 13.5 Å². The van der Waals surface area contributed by atoms with Crippen molar-refractivity contribution in [2.45, 2.75) is 25.9 Å². The molecule has 0 fully saturated rings. The molecule has 11 heavy (non-hydrogen) atoms. The molecule has 0 heterocycles. The first kappa shape index (κ1) is 10.9. The molecular formula is C6H15NO3S. The maximum absolute atomic E-state index is 10.6. The maximum atomic E-state index is 10.6. The van der Waals surface area contributed by atoms with E-state index < -0.39 is 15.6 Å². The number of hydrogen-bond donors (Lipinski definition) is 2. The fourth-order valence-corrected chi connectivity index (χ4v) is 0.985. The molecule has 1 atom stereocenters. The van der Waals surface area contributed by atoms with E-state index in [-0.39, 0.29) is 6.54 Å². The number of aliphatic hydroxyl groups is 1. The van der Waals surface area contributed by atoms with E-state index >= 15 is 0 Å². The molecule has 0 aliphatic rings. The lowest BCUT2D eigenvalue weighted by Crippen LogP contribution is -2.39. The quantitative estimate of drug-likeness (QED) is 0.625. The zero-order valence-electron chi connectivity index (χ0n) is 7.09. The highest BCUT2D eigenvalue weighted by Crippen LogP contribution is 2.05. The lowest BCUT2D eigenvalue weighted by molar-refractivity contribution is 0.0614. The van der Waals surface area contributed by atoms with Gasteiger partial charge in [0.15, 0.2) is 0 Å². The summed E-state index contributed by atoms with van der Waals surface area (Å²) in [5, 5.41) is 9.36. The van der Waals surface area contributed by atoms with Crippen molar-refractivity contribution >= 4 is 10.0 Å². The molecule has 68 valence electrons. The first-order chi connectivity index (χ1) is 4.77. The van der Waals surface area contributed by atoms with Gasteiger partial charge in [-0.1, -0.05) is 6.92 Å². The largest absolute Gasteiger partial charge is 0.389 e. The van der Waals surface area contributed by atoms with E-state index in [0.717, 1.165) is 6.26 Å². The Balaban J connectivity index is 3.90. The van der Waals surface area contributed by atoms with Crippen molar-refractivity contribution in [2.24, 2.45) is 0 Å². The van der Waals surface area contributed by atoms with Gasteiger partial charge in [-0.15, -0.1) is 0 Å². The van der Waals surface area contributed by atoms with E-state index in [1.807, 2.05) is 0 Å². The van der Waals surface area contributed by atoms with Crippen molar-refractivity contribution in [1.82, 2.24) is 4.72 Å². The Kier molecular flexibility index (Phi) is 3.47. The predicted octanol–water partition coefficient (Wildman–Crippen LogP) is -0.303. The summed E-state index contributed by atoms with van der Waals surface area (Å²) in [5.41, 5.74) is -0.941. The number of hydrogen-bond acceptors (Lipinski definition) is 3. The standard InChI is InChI=1S/C6H15NO3S/c1-4-6(2,8)5-7-11(3,9)10/h7-8H,4-5H2,1-3H3. The minimum atomic E-state index is -3.18. The molecule has 5 heteroatoms. The Morgan fingerprint density at radius 1 is 1.55 bits per heavy atom. The molecular weight excluding hydrogens is 166 g/mol. The zero-order chi connectivity index (χ0) is 9.12. The predicted molar refractivity (Wildman–Crippen MR) is 43.8 cm³/mol. The van der Waals surface area contributed by atoms with Crippen molar-refractivity contribution in [2.75, 3.05) is 12.8 Å². The van der Waals surface area contributed by atoms with E-state index in [4.69, 9.17) is 0 Å². The van der Waals surface area contributed by atoms with Gasteiger partial charge in [-0.05, 0) is 13.3 Å².